The highest BCUT2D eigenvalue weighted by Gasteiger charge is 2.28. The van der Waals surface area contributed by atoms with E-state index in [0.29, 0.717) is 18.4 Å². The Morgan fingerprint density at radius 1 is 1.50 bits per heavy atom. The Hall–Kier alpha value is -0.960. The summed E-state index contributed by atoms with van der Waals surface area (Å²) in [4.78, 5) is 8.94. The van der Waals surface area contributed by atoms with E-state index in [9.17, 15) is 0 Å². The van der Waals surface area contributed by atoms with E-state index in [1.807, 2.05) is 6.20 Å². The van der Waals surface area contributed by atoms with Gasteiger partial charge in [0.2, 0.25) is 0 Å². The van der Waals surface area contributed by atoms with Crippen molar-refractivity contribution >= 4 is 0 Å². The third kappa shape index (κ3) is 1.77. The molecule has 76 valence electrons. The second-order valence-electron chi connectivity index (χ2n) is 4.27. The summed E-state index contributed by atoms with van der Waals surface area (Å²) in [5.41, 5.74) is 7.98. The van der Waals surface area contributed by atoms with Crippen LogP contribution in [0.1, 0.15) is 55.6 Å². The molecule has 14 heavy (non-hydrogen) atoms. The zero-order valence-corrected chi connectivity index (χ0v) is 8.83. The average Bonchev–Trinajstić information content (AvgIpc) is 3.00. The Labute approximate surface area is 84.8 Å². The smallest absolute Gasteiger partial charge is 0.131 e. The summed E-state index contributed by atoms with van der Waals surface area (Å²) in [6, 6.07) is 0. The fourth-order valence-electron chi connectivity index (χ4n) is 1.58. The van der Waals surface area contributed by atoms with Crippen LogP contribution in [0.25, 0.3) is 0 Å². The molecule has 1 saturated carbocycles. The molecule has 1 aromatic rings. The number of hydrogen-bond donors (Lipinski definition) is 1. The van der Waals surface area contributed by atoms with Crippen molar-refractivity contribution in [3.05, 3.63) is 23.3 Å². The van der Waals surface area contributed by atoms with E-state index in [-0.39, 0.29) is 0 Å². The maximum absolute atomic E-state index is 5.66. The number of hydrogen-bond acceptors (Lipinski definition) is 3. The van der Waals surface area contributed by atoms with Gasteiger partial charge >= 0.3 is 0 Å². The second-order valence-corrected chi connectivity index (χ2v) is 4.27. The molecule has 2 rings (SSSR count). The predicted octanol–water partition coefficient (Wildman–Crippen LogP) is 1.94. The van der Waals surface area contributed by atoms with Gasteiger partial charge in [-0.3, -0.25) is 0 Å². The molecule has 0 spiro atoms. The van der Waals surface area contributed by atoms with Crippen LogP contribution >= 0.6 is 0 Å². The van der Waals surface area contributed by atoms with Gasteiger partial charge in [-0.15, -0.1) is 0 Å². The van der Waals surface area contributed by atoms with Crippen molar-refractivity contribution < 1.29 is 0 Å². The summed E-state index contributed by atoms with van der Waals surface area (Å²) in [7, 11) is 0. The average molecular weight is 191 g/mol. The van der Waals surface area contributed by atoms with Crippen LogP contribution in [0.5, 0.6) is 0 Å². The van der Waals surface area contributed by atoms with E-state index < -0.39 is 0 Å². The van der Waals surface area contributed by atoms with Crippen molar-refractivity contribution in [2.45, 2.75) is 45.1 Å². The second kappa shape index (κ2) is 3.65. The topological polar surface area (TPSA) is 51.8 Å². The molecule has 1 aromatic heterocycles. The highest BCUT2D eigenvalue weighted by Crippen LogP contribution is 2.40. The molecule has 3 nitrogen and oxygen atoms in total. The summed E-state index contributed by atoms with van der Waals surface area (Å²) in [6.07, 6.45) is 4.43. The first-order valence-electron chi connectivity index (χ1n) is 5.28. The van der Waals surface area contributed by atoms with Gasteiger partial charge in [0.1, 0.15) is 5.82 Å². The monoisotopic (exact) mass is 191 g/mol. The molecule has 2 N–H and O–H groups in total. The molecule has 1 aliphatic carbocycles. The van der Waals surface area contributed by atoms with E-state index in [1.54, 1.807) is 0 Å². The molecule has 0 atom stereocenters. The normalized spacial score (nSPS) is 16.3. The molecule has 0 saturated heterocycles. The number of aromatic nitrogens is 2. The Morgan fingerprint density at radius 3 is 2.71 bits per heavy atom. The van der Waals surface area contributed by atoms with Gasteiger partial charge < -0.3 is 5.73 Å². The summed E-state index contributed by atoms with van der Waals surface area (Å²) in [5, 5.41) is 0. The van der Waals surface area contributed by atoms with E-state index in [2.05, 4.69) is 23.8 Å². The van der Waals surface area contributed by atoms with Crippen molar-refractivity contribution in [3.8, 4) is 0 Å². The summed E-state index contributed by atoms with van der Waals surface area (Å²) in [5.74, 6) is 2.01. The summed E-state index contributed by atoms with van der Waals surface area (Å²) in [6.45, 7) is 4.80. The Kier molecular flexibility index (Phi) is 2.50. The first-order chi connectivity index (χ1) is 6.72. The van der Waals surface area contributed by atoms with E-state index in [0.717, 1.165) is 11.4 Å². The SMILES string of the molecule is CC(C)c1ncc(CN)c(C2CC2)n1. The first-order valence-corrected chi connectivity index (χ1v) is 5.28. The van der Waals surface area contributed by atoms with Crippen LogP contribution in [0, 0.1) is 0 Å². The number of rotatable bonds is 3. The van der Waals surface area contributed by atoms with E-state index in [1.165, 1.54) is 18.5 Å². The Bertz CT molecular complexity index is 329. The molecule has 1 aliphatic rings. The van der Waals surface area contributed by atoms with Crippen LogP contribution in [0.3, 0.4) is 0 Å². The molecule has 1 fully saturated rings. The minimum atomic E-state index is 0.402. The molecular weight excluding hydrogens is 174 g/mol. The highest BCUT2D eigenvalue weighted by molar-refractivity contribution is 5.25. The fourth-order valence-corrected chi connectivity index (χ4v) is 1.58. The van der Waals surface area contributed by atoms with Gasteiger partial charge in [-0.05, 0) is 12.8 Å². The van der Waals surface area contributed by atoms with Gasteiger partial charge in [0.05, 0.1) is 5.69 Å². The van der Waals surface area contributed by atoms with Crippen LogP contribution in [-0.4, -0.2) is 9.97 Å². The molecular formula is C11H17N3. The van der Waals surface area contributed by atoms with Crippen molar-refractivity contribution in [1.82, 2.24) is 9.97 Å². The van der Waals surface area contributed by atoms with Crippen molar-refractivity contribution in [3.63, 3.8) is 0 Å². The van der Waals surface area contributed by atoms with E-state index in [4.69, 9.17) is 5.73 Å². The maximum Gasteiger partial charge on any atom is 0.131 e. The first kappa shape index (κ1) is 9.59. The van der Waals surface area contributed by atoms with Crippen molar-refractivity contribution in [2.75, 3.05) is 0 Å². The van der Waals surface area contributed by atoms with Gasteiger partial charge in [0.15, 0.2) is 0 Å². The van der Waals surface area contributed by atoms with Crippen molar-refractivity contribution in [2.24, 2.45) is 5.73 Å². The molecule has 0 bridgehead atoms. The third-order valence-corrected chi connectivity index (χ3v) is 2.62. The van der Waals surface area contributed by atoms with Crippen LogP contribution in [0.2, 0.25) is 0 Å². The lowest BCUT2D eigenvalue weighted by molar-refractivity contribution is 0.745. The zero-order valence-electron chi connectivity index (χ0n) is 8.83. The predicted molar refractivity (Wildman–Crippen MR) is 56.0 cm³/mol. The van der Waals surface area contributed by atoms with Gasteiger partial charge in [-0.25, -0.2) is 9.97 Å². The fraction of sp³-hybridized carbons (Fsp3) is 0.636. The molecule has 0 aliphatic heterocycles. The molecule has 0 radical (unpaired) electrons. The Balaban J connectivity index is 2.36. The minimum Gasteiger partial charge on any atom is -0.326 e. The van der Waals surface area contributed by atoms with Crippen molar-refractivity contribution in [1.29, 1.82) is 0 Å². The highest BCUT2D eigenvalue weighted by atomic mass is 14.9. The summed E-state index contributed by atoms with van der Waals surface area (Å²) < 4.78 is 0. The molecule has 1 heterocycles. The molecule has 0 unspecified atom stereocenters. The minimum absolute atomic E-state index is 0.402. The number of nitrogens with zero attached hydrogens (tertiary/aromatic N) is 2. The van der Waals surface area contributed by atoms with Gasteiger partial charge in [0, 0.05) is 30.1 Å². The largest absolute Gasteiger partial charge is 0.326 e. The lowest BCUT2D eigenvalue weighted by atomic mass is 10.1. The van der Waals surface area contributed by atoms with Crippen LogP contribution in [-0.2, 0) is 6.54 Å². The zero-order chi connectivity index (χ0) is 10.1. The molecule has 0 aromatic carbocycles. The van der Waals surface area contributed by atoms with E-state index >= 15 is 0 Å². The Morgan fingerprint density at radius 2 is 2.21 bits per heavy atom. The molecule has 3 heteroatoms. The standard InChI is InChI=1S/C11H17N3/c1-7(2)11-13-6-9(5-12)10(14-11)8-3-4-8/h6-8H,3-5,12H2,1-2H3. The quantitative estimate of drug-likeness (QED) is 0.794. The van der Waals surface area contributed by atoms with Crippen LogP contribution < -0.4 is 5.73 Å². The van der Waals surface area contributed by atoms with Gasteiger partial charge in [0.25, 0.3) is 0 Å². The lowest BCUT2D eigenvalue weighted by Crippen LogP contribution is -2.08. The van der Waals surface area contributed by atoms with Gasteiger partial charge in [-0.2, -0.15) is 0 Å². The maximum atomic E-state index is 5.66. The lowest BCUT2D eigenvalue weighted by Gasteiger charge is -2.09. The van der Waals surface area contributed by atoms with Gasteiger partial charge in [-0.1, -0.05) is 13.8 Å². The third-order valence-electron chi connectivity index (χ3n) is 2.62. The van der Waals surface area contributed by atoms with Crippen LogP contribution in [0.4, 0.5) is 0 Å². The molecule has 0 amide bonds. The number of nitrogens with two attached hydrogens (primary N) is 1. The summed E-state index contributed by atoms with van der Waals surface area (Å²) >= 11 is 0. The van der Waals surface area contributed by atoms with Crippen LogP contribution in [0.15, 0.2) is 6.20 Å².